The van der Waals surface area contributed by atoms with Crippen molar-refractivity contribution < 1.29 is 24.7 Å². The Morgan fingerprint density at radius 3 is 2.03 bits per heavy atom. The second kappa shape index (κ2) is 8.71. The first-order valence-electron chi connectivity index (χ1n) is 9.68. The standard InChI is InChI=1S/C23H16N4O6/c28-20(15-6-9-17(10-7-15)27(32)33)24-25-21(29)16-8-11-18-19(12-16)23(31)26(22(18)30)13-14-4-2-1-3-5-14/h1-12,30-31H,13H2. The second-order valence-electron chi connectivity index (χ2n) is 7.09. The van der Waals surface area contributed by atoms with Crippen LogP contribution < -0.4 is 0 Å². The van der Waals surface area contributed by atoms with Crippen LogP contribution in [-0.4, -0.2) is 31.5 Å². The number of nitro groups is 1. The van der Waals surface area contributed by atoms with Gasteiger partial charge in [-0.2, -0.15) is 0 Å². The summed E-state index contributed by atoms with van der Waals surface area (Å²) in [6, 6.07) is 18.2. The summed E-state index contributed by atoms with van der Waals surface area (Å²) >= 11 is 0. The van der Waals surface area contributed by atoms with Crippen LogP contribution in [0.4, 0.5) is 5.69 Å². The molecule has 0 spiro atoms. The maximum atomic E-state index is 12.4. The van der Waals surface area contributed by atoms with E-state index in [1.165, 1.54) is 34.9 Å². The molecule has 3 aromatic carbocycles. The number of non-ortho nitro benzene ring substituents is 1. The molecule has 0 bridgehead atoms. The van der Waals surface area contributed by atoms with Crippen LogP contribution in [0.15, 0.2) is 83.0 Å². The quantitative estimate of drug-likeness (QED) is 0.264. The summed E-state index contributed by atoms with van der Waals surface area (Å²) in [7, 11) is 0. The highest BCUT2D eigenvalue weighted by molar-refractivity contribution is 6.03. The van der Waals surface area contributed by atoms with Gasteiger partial charge in [0.2, 0.25) is 11.8 Å². The lowest BCUT2D eigenvalue weighted by atomic mass is 10.1. The molecule has 164 valence electrons. The molecule has 0 fully saturated rings. The Morgan fingerprint density at radius 1 is 0.818 bits per heavy atom. The van der Waals surface area contributed by atoms with Crippen molar-refractivity contribution in [2.24, 2.45) is 10.2 Å². The zero-order valence-electron chi connectivity index (χ0n) is 17.0. The number of fused-ring (bicyclic) bond motifs is 1. The third-order valence-electron chi connectivity index (χ3n) is 5.00. The number of hydrogen-bond acceptors (Lipinski definition) is 6. The predicted octanol–water partition coefficient (Wildman–Crippen LogP) is 4.44. The molecule has 4 aromatic rings. The molecule has 0 saturated heterocycles. The van der Waals surface area contributed by atoms with E-state index in [-0.39, 0.29) is 40.5 Å². The number of carbonyl (C=O) groups excluding carboxylic acids is 2. The van der Waals surface area contributed by atoms with Crippen molar-refractivity contribution in [2.45, 2.75) is 6.54 Å². The fraction of sp³-hybridized carbons (Fsp3) is 0.0435. The molecule has 1 heterocycles. The first kappa shape index (κ1) is 21.4. The number of nitrogens with zero attached hydrogens (tertiary/aromatic N) is 4. The van der Waals surface area contributed by atoms with Gasteiger partial charge < -0.3 is 10.2 Å². The number of aromatic nitrogens is 1. The number of nitro benzene ring substituents is 1. The summed E-state index contributed by atoms with van der Waals surface area (Å²) in [6.45, 7) is 0.222. The SMILES string of the molecule is O=C(N=NC(=O)c1ccc2c(O)n(Cc3ccccc3)c(O)c2c1)c1ccc([N+](=O)[O-])cc1. The van der Waals surface area contributed by atoms with E-state index >= 15 is 0 Å². The van der Waals surface area contributed by atoms with E-state index in [0.29, 0.717) is 5.39 Å². The lowest BCUT2D eigenvalue weighted by Crippen LogP contribution is -1.98. The van der Waals surface area contributed by atoms with Crippen LogP contribution >= 0.6 is 0 Å². The average molecular weight is 444 g/mol. The Hall–Kier alpha value is -4.86. The van der Waals surface area contributed by atoms with Gasteiger partial charge in [-0.3, -0.25) is 24.3 Å². The smallest absolute Gasteiger partial charge is 0.295 e. The van der Waals surface area contributed by atoms with Crippen molar-refractivity contribution in [3.8, 4) is 11.8 Å². The number of rotatable bonds is 5. The zero-order valence-corrected chi connectivity index (χ0v) is 17.0. The number of amides is 2. The molecule has 2 N–H and O–H groups in total. The second-order valence-corrected chi connectivity index (χ2v) is 7.09. The lowest BCUT2D eigenvalue weighted by Gasteiger charge is -2.06. The summed E-state index contributed by atoms with van der Waals surface area (Å²) in [6.07, 6.45) is 0. The number of hydrogen-bond donors (Lipinski definition) is 2. The summed E-state index contributed by atoms with van der Waals surface area (Å²) in [4.78, 5) is 34.6. The molecule has 0 aliphatic carbocycles. The molecule has 0 aliphatic rings. The van der Waals surface area contributed by atoms with Crippen molar-refractivity contribution in [2.75, 3.05) is 0 Å². The van der Waals surface area contributed by atoms with E-state index in [2.05, 4.69) is 10.2 Å². The monoisotopic (exact) mass is 444 g/mol. The molecule has 0 atom stereocenters. The van der Waals surface area contributed by atoms with Crippen LogP contribution in [-0.2, 0) is 6.54 Å². The van der Waals surface area contributed by atoms with Gasteiger partial charge in [0.1, 0.15) is 0 Å². The fourth-order valence-electron chi connectivity index (χ4n) is 3.30. The number of aromatic hydroxyl groups is 2. The topological polar surface area (TPSA) is 147 Å². The maximum absolute atomic E-state index is 12.4. The van der Waals surface area contributed by atoms with Gasteiger partial charge in [-0.25, -0.2) is 0 Å². The minimum atomic E-state index is -0.839. The third kappa shape index (κ3) is 4.30. The van der Waals surface area contributed by atoms with Crippen LogP contribution in [0.5, 0.6) is 11.8 Å². The molecular formula is C23H16N4O6. The molecule has 1 aromatic heterocycles. The van der Waals surface area contributed by atoms with Crippen LogP contribution in [0.3, 0.4) is 0 Å². The highest BCUT2D eigenvalue weighted by Crippen LogP contribution is 2.37. The Bertz CT molecular complexity index is 1410. The van der Waals surface area contributed by atoms with Crippen molar-refractivity contribution in [1.82, 2.24) is 4.57 Å². The predicted molar refractivity (Wildman–Crippen MR) is 117 cm³/mol. The maximum Gasteiger partial charge on any atom is 0.295 e. The van der Waals surface area contributed by atoms with E-state index in [0.717, 1.165) is 17.7 Å². The van der Waals surface area contributed by atoms with Gasteiger partial charge in [0.15, 0.2) is 0 Å². The molecule has 10 heteroatoms. The normalized spacial score (nSPS) is 11.2. The van der Waals surface area contributed by atoms with Gasteiger partial charge in [-0.05, 0) is 35.9 Å². The van der Waals surface area contributed by atoms with Crippen LogP contribution in [0.25, 0.3) is 10.8 Å². The van der Waals surface area contributed by atoms with E-state index in [1.807, 2.05) is 30.3 Å². The molecular weight excluding hydrogens is 428 g/mol. The van der Waals surface area contributed by atoms with E-state index < -0.39 is 16.7 Å². The fourth-order valence-corrected chi connectivity index (χ4v) is 3.30. The molecule has 33 heavy (non-hydrogen) atoms. The van der Waals surface area contributed by atoms with Crippen LogP contribution in [0, 0.1) is 10.1 Å². The van der Waals surface area contributed by atoms with Crippen LogP contribution in [0.1, 0.15) is 26.3 Å². The van der Waals surface area contributed by atoms with Crippen molar-refractivity contribution in [3.63, 3.8) is 0 Å². The first-order valence-corrected chi connectivity index (χ1v) is 9.68. The molecule has 2 amide bonds. The average Bonchev–Trinajstić information content (AvgIpc) is 3.07. The van der Waals surface area contributed by atoms with Crippen molar-refractivity contribution >= 4 is 28.3 Å². The highest BCUT2D eigenvalue weighted by Gasteiger charge is 2.18. The van der Waals surface area contributed by atoms with Gasteiger partial charge in [-0.1, -0.05) is 30.3 Å². The van der Waals surface area contributed by atoms with Gasteiger partial charge in [0, 0.05) is 34.0 Å². The summed E-state index contributed by atoms with van der Waals surface area (Å²) in [5, 5.41) is 39.2. The first-order chi connectivity index (χ1) is 15.8. The van der Waals surface area contributed by atoms with Gasteiger partial charge in [0.25, 0.3) is 17.5 Å². The molecule has 0 saturated carbocycles. The summed E-state index contributed by atoms with van der Waals surface area (Å²) < 4.78 is 1.31. The number of azo groups is 1. The molecule has 0 aliphatic heterocycles. The Kier molecular flexibility index (Phi) is 5.64. The minimum absolute atomic E-state index is 0.0353. The van der Waals surface area contributed by atoms with Crippen molar-refractivity contribution in [3.05, 3.63) is 99.6 Å². The number of carbonyl (C=O) groups is 2. The van der Waals surface area contributed by atoms with E-state index in [4.69, 9.17) is 0 Å². The minimum Gasteiger partial charge on any atom is -0.494 e. The van der Waals surface area contributed by atoms with Crippen molar-refractivity contribution in [1.29, 1.82) is 0 Å². The summed E-state index contributed by atoms with van der Waals surface area (Å²) in [5.74, 6) is -2.05. The van der Waals surface area contributed by atoms with E-state index in [9.17, 15) is 29.9 Å². The lowest BCUT2D eigenvalue weighted by molar-refractivity contribution is -0.384. The Labute approximate surface area is 186 Å². The Morgan fingerprint density at radius 2 is 1.39 bits per heavy atom. The van der Waals surface area contributed by atoms with Gasteiger partial charge in [0.05, 0.1) is 11.5 Å². The number of benzene rings is 3. The molecule has 10 nitrogen and oxygen atoms in total. The molecule has 4 rings (SSSR count). The van der Waals surface area contributed by atoms with Crippen LogP contribution in [0.2, 0.25) is 0 Å². The largest absolute Gasteiger partial charge is 0.494 e. The molecule has 0 unspecified atom stereocenters. The summed E-state index contributed by atoms with van der Waals surface area (Å²) in [5.41, 5.74) is 0.761. The third-order valence-corrected chi connectivity index (χ3v) is 5.00. The van der Waals surface area contributed by atoms with Gasteiger partial charge >= 0.3 is 0 Å². The zero-order chi connectivity index (χ0) is 23.5. The van der Waals surface area contributed by atoms with E-state index in [1.54, 1.807) is 0 Å². The molecule has 0 radical (unpaired) electrons. The highest BCUT2D eigenvalue weighted by atomic mass is 16.6. The Balaban J connectivity index is 1.56. The van der Waals surface area contributed by atoms with Gasteiger partial charge in [-0.15, -0.1) is 10.2 Å².